The largest absolute Gasteiger partial charge is 0.340 e. The molecule has 4 aromatic rings. The lowest BCUT2D eigenvalue weighted by molar-refractivity contribution is -0.115. The monoisotopic (exact) mass is 411 g/mol. The van der Waals surface area contributed by atoms with Crippen LogP contribution >= 0.6 is 11.6 Å². The van der Waals surface area contributed by atoms with Gasteiger partial charge in [-0.1, -0.05) is 23.7 Å². The molecule has 2 aromatic carbocycles. The number of pyridine rings is 1. The number of hydrogen-bond acceptors (Lipinski definition) is 2. The summed E-state index contributed by atoms with van der Waals surface area (Å²) in [7, 11) is 0. The molecule has 1 N–H and O–H groups in total. The van der Waals surface area contributed by atoms with Gasteiger partial charge in [0.2, 0.25) is 5.91 Å². The van der Waals surface area contributed by atoms with Crippen LogP contribution in [-0.4, -0.2) is 15.5 Å². The molecule has 0 radical (unpaired) electrons. The van der Waals surface area contributed by atoms with Crippen LogP contribution in [0.15, 0.2) is 66.9 Å². The summed E-state index contributed by atoms with van der Waals surface area (Å²) in [6.07, 6.45) is 1.53. The van der Waals surface area contributed by atoms with E-state index >= 15 is 0 Å². The van der Waals surface area contributed by atoms with Gasteiger partial charge in [0.05, 0.1) is 18.3 Å². The van der Waals surface area contributed by atoms with Crippen molar-refractivity contribution in [3.8, 4) is 0 Å². The van der Waals surface area contributed by atoms with Crippen molar-refractivity contribution in [2.45, 2.75) is 13.0 Å². The second kappa shape index (κ2) is 8.01. The van der Waals surface area contributed by atoms with E-state index in [0.717, 1.165) is 11.1 Å². The molecule has 4 nitrogen and oxygen atoms in total. The summed E-state index contributed by atoms with van der Waals surface area (Å²) in [4.78, 5) is 16.5. The average Bonchev–Trinajstić information content (AvgIpc) is 2.99. The van der Waals surface area contributed by atoms with E-state index in [-0.39, 0.29) is 24.0 Å². The Morgan fingerprint density at radius 3 is 2.62 bits per heavy atom. The van der Waals surface area contributed by atoms with Gasteiger partial charge in [-0.3, -0.25) is 4.79 Å². The molecule has 7 heteroatoms. The first-order valence-electron chi connectivity index (χ1n) is 8.91. The first-order chi connectivity index (χ1) is 14.0. The summed E-state index contributed by atoms with van der Waals surface area (Å²) in [6, 6.07) is 15.7. The molecule has 0 bridgehead atoms. The van der Waals surface area contributed by atoms with E-state index in [4.69, 9.17) is 11.6 Å². The van der Waals surface area contributed by atoms with Gasteiger partial charge in [0.1, 0.15) is 16.8 Å². The van der Waals surface area contributed by atoms with Crippen molar-refractivity contribution >= 4 is 34.1 Å². The zero-order valence-electron chi connectivity index (χ0n) is 15.2. The van der Waals surface area contributed by atoms with Crippen LogP contribution in [-0.2, 0) is 17.8 Å². The van der Waals surface area contributed by atoms with Gasteiger partial charge >= 0.3 is 0 Å². The van der Waals surface area contributed by atoms with E-state index in [2.05, 4.69) is 10.3 Å². The Labute approximate surface area is 170 Å². The number of hydrogen-bond donors (Lipinski definition) is 1. The molecule has 0 aliphatic carbocycles. The molecule has 2 heterocycles. The van der Waals surface area contributed by atoms with E-state index in [0.29, 0.717) is 28.5 Å². The molecule has 4 rings (SSSR count). The van der Waals surface area contributed by atoms with Crippen molar-refractivity contribution in [2.75, 3.05) is 5.32 Å². The van der Waals surface area contributed by atoms with Gasteiger partial charge in [0, 0.05) is 23.1 Å². The summed E-state index contributed by atoms with van der Waals surface area (Å²) in [5.41, 5.74) is 2.73. The van der Waals surface area contributed by atoms with Crippen LogP contribution in [0.1, 0.15) is 11.3 Å². The number of aromatic nitrogens is 2. The third-order valence-electron chi connectivity index (χ3n) is 4.53. The maximum Gasteiger partial charge on any atom is 0.230 e. The highest BCUT2D eigenvalue weighted by molar-refractivity contribution is 6.29. The van der Waals surface area contributed by atoms with Crippen LogP contribution in [0.3, 0.4) is 0 Å². The van der Waals surface area contributed by atoms with E-state index in [1.807, 2.05) is 10.6 Å². The second-order valence-electron chi connectivity index (χ2n) is 6.65. The zero-order chi connectivity index (χ0) is 20.4. The van der Waals surface area contributed by atoms with Crippen LogP contribution in [0, 0.1) is 11.6 Å². The smallest absolute Gasteiger partial charge is 0.230 e. The zero-order valence-corrected chi connectivity index (χ0v) is 16.0. The number of benzene rings is 2. The van der Waals surface area contributed by atoms with Gasteiger partial charge in [-0.15, -0.1) is 0 Å². The molecule has 1 amide bonds. The quantitative estimate of drug-likeness (QED) is 0.459. The highest BCUT2D eigenvalue weighted by Crippen LogP contribution is 2.23. The van der Waals surface area contributed by atoms with Crippen molar-refractivity contribution in [1.29, 1.82) is 0 Å². The third kappa shape index (κ3) is 4.43. The normalized spacial score (nSPS) is 11.0. The van der Waals surface area contributed by atoms with Gasteiger partial charge in [0.25, 0.3) is 0 Å². The minimum Gasteiger partial charge on any atom is -0.340 e. The van der Waals surface area contributed by atoms with E-state index in [9.17, 15) is 13.6 Å². The number of carbonyl (C=O) groups is 1. The van der Waals surface area contributed by atoms with Gasteiger partial charge in [-0.25, -0.2) is 13.8 Å². The summed E-state index contributed by atoms with van der Waals surface area (Å²) in [6.45, 7) is 0.359. The van der Waals surface area contributed by atoms with Crippen LogP contribution < -0.4 is 5.32 Å². The predicted molar refractivity (Wildman–Crippen MR) is 109 cm³/mol. The lowest BCUT2D eigenvalue weighted by Crippen LogP contribution is -2.17. The van der Waals surface area contributed by atoms with Crippen LogP contribution in [0.2, 0.25) is 5.15 Å². The topological polar surface area (TPSA) is 46.9 Å². The lowest BCUT2D eigenvalue weighted by Gasteiger charge is -2.12. The Balaban J connectivity index is 1.65. The van der Waals surface area contributed by atoms with Crippen molar-refractivity contribution in [3.05, 3.63) is 94.9 Å². The summed E-state index contributed by atoms with van der Waals surface area (Å²) in [5, 5.41) is 3.78. The SMILES string of the molecule is O=C(Cc1cc2cc(F)ccc2n1Cc1cccc(F)c1)Nc1ccc(Cl)nc1. The van der Waals surface area contributed by atoms with Gasteiger partial charge in [-0.2, -0.15) is 0 Å². The van der Waals surface area contributed by atoms with Crippen molar-refractivity contribution < 1.29 is 13.6 Å². The number of nitrogens with zero attached hydrogens (tertiary/aromatic N) is 2. The Bertz CT molecular complexity index is 1190. The molecule has 0 atom stereocenters. The molecule has 2 aromatic heterocycles. The Morgan fingerprint density at radius 1 is 1.03 bits per heavy atom. The van der Waals surface area contributed by atoms with E-state index in [1.54, 1.807) is 30.3 Å². The molecule has 0 unspecified atom stereocenters. The summed E-state index contributed by atoms with van der Waals surface area (Å²) in [5.74, 6) is -0.943. The van der Waals surface area contributed by atoms with Gasteiger partial charge < -0.3 is 9.88 Å². The summed E-state index contributed by atoms with van der Waals surface area (Å²) >= 11 is 5.76. The number of rotatable bonds is 5. The molecule has 0 aliphatic rings. The molecular weight excluding hydrogens is 396 g/mol. The Hall–Kier alpha value is -3.25. The maximum absolute atomic E-state index is 13.7. The minimum absolute atomic E-state index is 0.0637. The predicted octanol–water partition coefficient (Wildman–Crippen LogP) is 5.20. The van der Waals surface area contributed by atoms with Gasteiger partial charge in [0.15, 0.2) is 0 Å². The van der Waals surface area contributed by atoms with E-state index < -0.39 is 0 Å². The maximum atomic E-state index is 13.7. The number of halogens is 3. The van der Waals surface area contributed by atoms with Crippen LogP contribution in [0.25, 0.3) is 10.9 Å². The number of anilines is 1. The highest BCUT2D eigenvalue weighted by Gasteiger charge is 2.14. The molecule has 0 fully saturated rings. The molecular formula is C22H16ClF2N3O. The minimum atomic E-state index is -0.358. The molecule has 146 valence electrons. The first-order valence-corrected chi connectivity index (χ1v) is 9.29. The fourth-order valence-corrected chi connectivity index (χ4v) is 3.38. The molecule has 0 aliphatic heterocycles. The van der Waals surface area contributed by atoms with Crippen molar-refractivity contribution in [1.82, 2.24) is 9.55 Å². The molecule has 0 spiro atoms. The lowest BCUT2D eigenvalue weighted by atomic mass is 10.2. The molecule has 0 saturated carbocycles. The summed E-state index contributed by atoms with van der Waals surface area (Å²) < 4.78 is 29.2. The van der Waals surface area contributed by atoms with Crippen molar-refractivity contribution in [3.63, 3.8) is 0 Å². The third-order valence-corrected chi connectivity index (χ3v) is 4.76. The van der Waals surface area contributed by atoms with E-state index in [1.165, 1.54) is 30.5 Å². The van der Waals surface area contributed by atoms with Crippen molar-refractivity contribution in [2.24, 2.45) is 0 Å². The fourth-order valence-electron chi connectivity index (χ4n) is 3.27. The Kier molecular flexibility index (Phi) is 5.27. The van der Waals surface area contributed by atoms with Crippen LogP contribution in [0.5, 0.6) is 0 Å². The number of fused-ring (bicyclic) bond motifs is 1. The molecule has 0 saturated heterocycles. The standard InChI is InChI=1S/C22H16ClF2N3O/c23-21-7-5-18(12-26-21)27-22(29)11-19-10-15-9-17(25)4-6-20(15)28(19)13-14-2-1-3-16(24)8-14/h1-10,12H,11,13H2,(H,27,29). The molecule has 29 heavy (non-hydrogen) atoms. The average molecular weight is 412 g/mol. The second-order valence-corrected chi connectivity index (χ2v) is 7.04. The fraction of sp³-hybridized carbons (Fsp3) is 0.0909. The number of amides is 1. The highest BCUT2D eigenvalue weighted by atomic mass is 35.5. The van der Waals surface area contributed by atoms with Gasteiger partial charge in [-0.05, 0) is 54.1 Å². The van der Waals surface area contributed by atoms with Crippen LogP contribution in [0.4, 0.5) is 14.5 Å². The number of carbonyl (C=O) groups excluding carboxylic acids is 1. The number of nitrogens with one attached hydrogen (secondary N) is 1. The first kappa shape index (κ1) is 19.1. The Morgan fingerprint density at radius 2 is 1.86 bits per heavy atom.